The van der Waals surface area contributed by atoms with Crippen LogP contribution >= 0.6 is 0 Å². The summed E-state index contributed by atoms with van der Waals surface area (Å²) in [5.74, 6) is 0.213. The Morgan fingerprint density at radius 3 is 2.56 bits per heavy atom. The van der Waals surface area contributed by atoms with Gasteiger partial charge in [-0.15, -0.1) is 0 Å². The molecule has 1 saturated heterocycles. The Hall–Kier alpha value is -3.51. The number of benzene rings is 2. The first-order valence-corrected chi connectivity index (χ1v) is 12.5. The quantitative estimate of drug-likeness (QED) is 0.450. The number of nitro groups is 1. The molecule has 0 aromatic heterocycles. The molecule has 0 radical (unpaired) electrons. The van der Waals surface area contributed by atoms with E-state index in [9.17, 15) is 23.3 Å². The molecule has 180 valence electrons. The monoisotopic (exact) mass is 486 g/mol. The van der Waals surface area contributed by atoms with Gasteiger partial charge in [0.2, 0.25) is 5.91 Å². The second-order valence-corrected chi connectivity index (χ2v) is 9.84. The van der Waals surface area contributed by atoms with Crippen molar-refractivity contribution in [1.82, 2.24) is 9.62 Å². The molecular weight excluding hydrogens is 460 g/mol. The van der Waals surface area contributed by atoms with E-state index < -0.39 is 14.9 Å². The second-order valence-electron chi connectivity index (χ2n) is 8.15. The zero-order chi connectivity index (χ0) is 24.1. The van der Waals surface area contributed by atoms with Crippen molar-refractivity contribution in [2.75, 3.05) is 49.5 Å². The number of hydrogen-bond donors (Lipinski definition) is 2. The first-order chi connectivity index (χ1) is 16.3. The van der Waals surface area contributed by atoms with Crippen LogP contribution in [0.3, 0.4) is 0 Å². The molecule has 11 nitrogen and oxygen atoms in total. The number of nitrogens with one attached hydrogen (secondary N) is 2. The lowest BCUT2D eigenvalue weighted by Gasteiger charge is -2.35. The summed E-state index contributed by atoms with van der Waals surface area (Å²) in [7, 11) is -3.76. The van der Waals surface area contributed by atoms with Crippen molar-refractivity contribution >= 4 is 38.8 Å². The molecular formula is C22H26N6O5S. The third kappa shape index (κ3) is 5.88. The molecule has 0 atom stereocenters. The van der Waals surface area contributed by atoms with Crippen LogP contribution in [0, 0.1) is 10.1 Å². The molecule has 2 aromatic carbocycles. The van der Waals surface area contributed by atoms with E-state index in [1.54, 1.807) is 24.3 Å². The van der Waals surface area contributed by atoms with Gasteiger partial charge in [0.25, 0.3) is 15.7 Å². The molecule has 0 bridgehead atoms. The second kappa shape index (κ2) is 10.2. The van der Waals surface area contributed by atoms with E-state index in [1.807, 2.05) is 11.0 Å². The van der Waals surface area contributed by atoms with Crippen molar-refractivity contribution in [1.29, 1.82) is 0 Å². The molecule has 12 heteroatoms. The Kier molecular flexibility index (Phi) is 7.08. The van der Waals surface area contributed by atoms with Crippen molar-refractivity contribution in [2.45, 2.75) is 17.7 Å². The van der Waals surface area contributed by atoms with E-state index in [0.717, 1.165) is 12.1 Å². The highest BCUT2D eigenvalue weighted by molar-refractivity contribution is 7.90. The van der Waals surface area contributed by atoms with Gasteiger partial charge in [0.15, 0.2) is 0 Å². The normalized spacial score (nSPS) is 16.7. The van der Waals surface area contributed by atoms with Gasteiger partial charge in [-0.25, -0.2) is 8.42 Å². The predicted molar refractivity (Wildman–Crippen MR) is 129 cm³/mol. The number of nitro benzene ring substituents is 1. The van der Waals surface area contributed by atoms with E-state index in [-0.39, 0.29) is 23.0 Å². The van der Waals surface area contributed by atoms with Crippen molar-refractivity contribution in [3.8, 4) is 0 Å². The van der Waals surface area contributed by atoms with Crippen molar-refractivity contribution in [3.63, 3.8) is 0 Å². The summed E-state index contributed by atoms with van der Waals surface area (Å²) >= 11 is 0. The van der Waals surface area contributed by atoms with E-state index in [0.29, 0.717) is 50.7 Å². The summed E-state index contributed by atoms with van der Waals surface area (Å²) in [6.07, 6.45) is 1.43. The average molecular weight is 487 g/mol. The van der Waals surface area contributed by atoms with Gasteiger partial charge in [-0.05, 0) is 30.7 Å². The van der Waals surface area contributed by atoms with Gasteiger partial charge in [-0.3, -0.25) is 29.5 Å². The molecule has 1 amide bonds. The smallest absolute Gasteiger partial charge is 0.271 e. The summed E-state index contributed by atoms with van der Waals surface area (Å²) < 4.78 is 27.7. The molecule has 0 saturated carbocycles. The summed E-state index contributed by atoms with van der Waals surface area (Å²) in [4.78, 5) is 31.4. The number of amidine groups is 1. The van der Waals surface area contributed by atoms with Gasteiger partial charge >= 0.3 is 0 Å². The van der Waals surface area contributed by atoms with Gasteiger partial charge in [0.1, 0.15) is 5.84 Å². The number of amides is 1. The van der Waals surface area contributed by atoms with Crippen LogP contribution in [-0.4, -0.2) is 69.3 Å². The molecule has 2 N–H and O–H groups in total. The van der Waals surface area contributed by atoms with Crippen LogP contribution in [0.4, 0.5) is 17.1 Å². The fourth-order valence-electron chi connectivity index (χ4n) is 3.95. The lowest BCUT2D eigenvalue weighted by molar-refractivity contribution is -0.384. The number of carbonyl (C=O) groups excluding carboxylic acids is 1. The van der Waals surface area contributed by atoms with Crippen molar-refractivity contribution < 1.29 is 18.1 Å². The van der Waals surface area contributed by atoms with Crippen LogP contribution < -0.4 is 14.9 Å². The number of nitrogens with zero attached hydrogens (tertiary/aromatic N) is 4. The highest BCUT2D eigenvalue weighted by atomic mass is 32.2. The minimum atomic E-state index is -3.76. The molecule has 2 aliphatic heterocycles. The largest absolute Gasteiger partial charge is 0.369 e. The number of anilines is 2. The first kappa shape index (κ1) is 23.6. The SMILES string of the molecule is O=C(CN1CCN(c2cccc([N+](=O)[O-])c2)CC1)Nc1cccc(S(=O)(=O)NC2=NCCC2)c1. The summed E-state index contributed by atoms with van der Waals surface area (Å²) in [5.41, 5.74) is 1.24. The molecule has 0 unspecified atom stereocenters. The Bertz CT molecular complexity index is 1210. The maximum absolute atomic E-state index is 12.6. The number of aliphatic imine (C=N–C) groups is 1. The fraction of sp³-hybridized carbons (Fsp3) is 0.364. The Morgan fingerprint density at radius 2 is 1.85 bits per heavy atom. The zero-order valence-electron chi connectivity index (χ0n) is 18.5. The van der Waals surface area contributed by atoms with Crippen LogP contribution in [0.15, 0.2) is 58.4 Å². The number of rotatable bonds is 7. The Balaban J connectivity index is 1.30. The lowest BCUT2D eigenvalue weighted by Crippen LogP contribution is -2.48. The topological polar surface area (TPSA) is 137 Å². The number of hydrogen-bond acceptors (Lipinski definition) is 8. The van der Waals surface area contributed by atoms with Crippen molar-refractivity contribution in [2.24, 2.45) is 4.99 Å². The van der Waals surface area contributed by atoms with Gasteiger partial charge in [-0.1, -0.05) is 12.1 Å². The van der Waals surface area contributed by atoms with Crippen LogP contribution in [0.1, 0.15) is 12.8 Å². The average Bonchev–Trinajstić information content (AvgIpc) is 3.32. The van der Waals surface area contributed by atoms with E-state index in [1.165, 1.54) is 18.2 Å². The Labute approximate surface area is 197 Å². The molecule has 0 spiro atoms. The lowest BCUT2D eigenvalue weighted by atomic mass is 10.2. The molecule has 2 aliphatic rings. The third-order valence-electron chi connectivity index (χ3n) is 5.70. The standard InChI is InChI=1S/C22H26N6O5S/c29-22(16-26-10-12-27(13-11-26)18-5-2-6-19(15-18)28(30)31)24-17-4-1-7-20(14-17)34(32,33)25-21-8-3-9-23-21/h1-2,4-7,14-15H,3,8-13,16H2,(H,23,25)(H,24,29). The number of carbonyl (C=O) groups is 1. The molecule has 2 heterocycles. The summed E-state index contributed by atoms with van der Waals surface area (Å²) in [6, 6.07) is 12.6. The Morgan fingerprint density at radius 1 is 1.09 bits per heavy atom. The number of piperazine rings is 1. The van der Waals surface area contributed by atoms with Crippen LogP contribution in [0.25, 0.3) is 0 Å². The minimum Gasteiger partial charge on any atom is -0.369 e. The zero-order valence-corrected chi connectivity index (χ0v) is 19.3. The molecule has 34 heavy (non-hydrogen) atoms. The molecule has 1 fully saturated rings. The predicted octanol–water partition coefficient (Wildman–Crippen LogP) is 1.83. The van der Waals surface area contributed by atoms with Gasteiger partial charge in [-0.2, -0.15) is 0 Å². The maximum Gasteiger partial charge on any atom is 0.271 e. The van der Waals surface area contributed by atoms with Crippen molar-refractivity contribution in [3.05, 3.63) is 58.6 Å². The molecule has 2 aromatic rings. The van der Waals surface area contributed by atoms with Gasteiger partial charge in [0, 0.05) is 62.7 Å². The molecule has 0 aliphatic carbocycles. The maximum atomic E-state index is 12.6. The van der Waals surface area contributed by atoms with Crippen LogP contribution in [0.2, 0.25) is 0 Å². The summed E-state index contributed by atoms with van der Waals surface area (Å²) in [6.45, 7) is 3.30. The van der Waals surface area contributed by atoms with Gasteiger partial charge in [0.05, 0.1) is 16.4 Å². The molecule has 4 rings (SSSR count). The van der Waals surface area contributed by atoms with Crippen LogP contribution in [-0.2, 0) is 14.8 Å². The fourth-order valence-corrected chi connectivity index (χ4v) is 5.08. The first-order valence-electron chi connectivity index (χ1n) is 11.0. The highest BCUT2D eigenvalue weighted by Gasteiger charge is 2.22. The summed E-state index contributed by atoms with van der Waals surface area (Å²) in [5, 5.41) is 13.8. The third-order valence-corrected chi connectivity index (χ3v) is 7.08. The van der Waals surface area contributed by atoms with E-state index in [4.69, 9.17) is 0 Å². The number of non-ortho nitro benzene ring substituents is 1. The van der Waals surface area contributed by atoms with E-state index >= 15 is 0 Å². The van der Waals surface area contributed by atoms with Crippen LogP contribution in [0.5, 0.6) is 0 Å². The highest BCUT2D eigenvalue weighted by Crippen LogP contribution is 2.22. The number of sulfonamides is 1. The minimum absolute atomic E-state index is 0.0509. The van der Waals surface area contributed by atoms with E-state index in [2.05, 4.69) is 19.9 Å². The van der Waals surface area contributed by atoms with Gasteiger partial charge < -0.3 is 10.2 Å².